The van der Waals surface area contributed by atoms with Crippen LogP contribution in [0.2, 0.25) is 0 Å². The van der Waals surface area contributed by atoms with E-state index in [4.69, 9.17) is 0 Å². The number of pyridine rings is 1. The number of rotatable bonds is 4. The predicted molar refractivity (Wildman–Crippen MR) is 112 cm³/mol. The van der Waals surface area contributed by atoms with Crippen LogP contribution in [0.25, 0.3) is 16.7 Å². The molecule has 0 unspecified atom stereocenters. The maximum absolute atomic E-state index is 13.5. The van der Waals surface area contributed by atoms with Gasteiger partial charge in [0.15, 0.2) is 5.65 Å². The molecule has 0 bridgehead atoms. The van der Waals surface area contributed by atoms with Crippen LogP contribution in [0.15, 0.2) is 54.6 Å². The molecule has 0 radical (unpaired) electrons. The van der Waals surface area contributed by atoms with Gasteiger partial charge >= 0.3 is 0 Å². The van der Waals surface area contributed by atoms with E-state index in [-0.39, 0.29) is 5.91 Å². The Morgan fingerprint density at radius 1 is 1.10 bits per heavy atom. The average Bonchev–Trinajstić information content (AvgIpc) is 3.03. The first-order valence-corrected chi connectivity index (χ1v) is 9.49. The van der Waals surface area contributed by atoms with Gasteiger partial charge in [0.2, 0.25) is 0 Å². The van der Waals surface area contributed by atoms with Crippen molar-refractivity contribution in [2.24, 2.45) is 0 Å². The van der Waals surface area contributed by atoms with E-state index >= 15 is 0 Å². The van der Waals surface area contributed by atoms with Gasteiger partial charge in [-0.3, -0.25) is 4.79 Å². The number of fused-ring (bicyclic) bond motifs is 1. The van der Waals surface area contributed by atoms with Crippen LogP contribution < -0.4 is 5.32 Å². The van der Waals surface area contributed by atoms with E-state index in [9.17, 15) is 9.18 Å². The van der Waals surface area contributed by atoms with Gasteiger partial charge in [-0.2, -0.15) is 5.10 Å². The molecular formula is C23H21FN4O. The van der Waals surface area contributed by atoms with Gasteiger partial charge in [0, 0.05) is 11.4 Å². The molecule has 1 amide bonds. The minimum Gasteiger partial charge on any atom is -0.322 e. The van der Waals surface area contributed by atoms with E-state index in [2.05, 4.69) is 34.5 Å². The number of hydrogen-bond donors (Lipinski definition) is 1. The fraction of sp³-hybridized carbons (Fsp3) is 0.174. The summed E-state index contributed by atoms with van der Waals surface area (Å²) in [6.45, 7) is 5.80. The number of carbonyl (C=O) groups is 1. The zero-order chi connectivity index (χ0) is 20.5. The van der Waals surface area contributed by atoms with Crippen molar-refractivity contribution in [1.29, 1.82) is 0 Å². The third-order valence-electron chi connectivity index (χ3n) is 4.86. The van der Waals surface area contributed by atoms with E-state index in [1.165, 1.54) is 17.7 Å². The van der Waals surface area contributed by atoms with Crippen LogP contribution in [-0.4, -0.2) is 20.7 Å². The van der Waals surface area contributed by atoms with Gasteiger partial charge in [-0.05, 0) is 62.2 Å². The lowest BCUT2D eigenvalue weighted by molar-refractivity contribution is 0.102. The van der Waals surface area contributed by atoms with Crippen molar-refractivity contribution in [2.75, 3.05) is 5.32 Å². The van der Waals surface area contributed by atoms with Crippen LogP contribution >= 0.6 is 0 Å². The topological polar surface area (TPSA) is 59.8 Å². The van der Waals surface area contributed by atoms with E-state index < -0.39 is 5.82 Å². The summed E-state index contributed by atoms with van der Waals surface area (Å²) in [6, 6.07) is 15.7. The molecule has 2 aromatic heterocycles. The van der Waals surface area contributed by atoms with Crippen LogP contribution in [-0.2, 0) is 6.42 Å². The Morgan fingerprint density at radius 2 is 1.86 bits per heavy atom. The highest BCUT2D eigenvalue weighted by molar-refractivity contribution is 6.12. The molecule has 2 heterocycles. The summed E-state index contributed by atoms with van der Waals surface area (Å²) in [5.74, 6) is -0.728. The van der Waals surface area contributed by atoms with Crippen LogP contribution in [0, 0.1) is 19.7 Å². The molecule has 0 fully saturated rings. The van der Waals surface area contributed by atoms with Gasteiger partial charge < -0.3 is 5.32 Å². The highest BCUT2D eigenvalue weighted by atomic mass is 19.1. The molecule has 0 aliphatic carbocycles. The lowest BCUT2D eigenvalue weighted by atomic mass is 10.1. The first kappa shape index (κ1) is 18.8. The lowest BCUT2D eigenvalue weighted by Gasteiger charge is -2.09. The van der Waals surface area contributed by atoms with Gasteiger partial charge in [0.1, 0.15) is 5.82 Å². The van der Waals surface area contributed by atoms with E-state index in [1.807, 2.05) is 26.0 Å². The van der Waals surface area contributed by atoms with E-state index in [0.717, 1.165) is 12.1 Å². The number of amides is 1. The zero-order valence-electron chi connectivity index (χ0n) is 16.5. The summed E-state index contributed by atoms with van der Waals surface area (Å²) in [4.78, 5) is 17.6. The second-order valence-corrected chi connectivity index (χ2v) is 6.99. The van der Waals surface area contributed by atoms with E-state index in [0.29, 0.717) is 33.7 Å². The van der Waals surface area contributed by atoms with Gasteiger partial charge in [0.25, 0.3) is 5.91 Å². The fourth-order valence-electron chi connectivity index (χ4n) is 3.41. The number of anilines is 1. The largest absolute Gasteiger partial charge is 0.322 e. The first-order chi connectivity index (χ1) is 14.0. The van der Waals surface area contributed by atoms with Gasteiger partial charge in [-0.1, -0.05) is 25.1 Å². The molecule has 4 aromatic rings. The number of nitrogens with zero attached hydrogens (tertiary/aromatic N) is 3. The van der Waals surface area contributed by atoms with Crippen molar-refractivity contribution in [3.63, 3.8) is 0 Å². The second kappa shape index (κ2) is 7.47. The molecule has 6 heteroatoms. The normalized spacial score (nSPS) is 11.0. The maximum Gasteiger partial charge on any atom is 0.256 e. The Hall–Kier alpha value is -3.54. The number of carbonyl (C=O) groups excluding carboxylic acids is 1. The number of benzene rings is 2. The van der Waals surface area contributed by atoms with Crippen molar-refractivity contribution in [2.45, 2.75) is 27.2 Å². The molecule has 0 aliphatic heterocycles. The van der Waals surface area contributed by atoms with Crippen molar-refractivity contribution < 1.29 is 9.18 Å². The molecule has 1 N–H and O–H groups in total. The second-order valence-electron chi connectivity index (χ2n) is 6.99. The molecule has 0 atom stereocenters. The molecule has 0 saturated heterocycles. The molecule has 29 heavy (non-hydrogen) atoms. The minimum atomic E-state index is -0.404. The van der Waals surface area contributed by atoms with Crippen molar-refractivity contribution in [3.8, 4) is 5.69 Å². The maximum atomic E-state index is 13.5. The standard InChI is InChI=1S/C23H21FN4O/c1-4-16-8-10-19(11-9-16)28-22-21(15(3)27-28)20(12-14(2)25-22)23(29)26-18-7-5-6-17(24)13-18/h5-13H,4H2,1-3H3,(H,26,29). The number of halogens is 1. The Labute approximate surface area is 168 Å². The lowest BCUT2D eigenvalue weighted by Crippen LogP contribution is -2.13. The number of aromatic nitrogens is 3. The zero-order valence-corrected chi connectivity index (χ0v) is 16.5. The Bertz CT molecular complexity index is 1210. The molecule has 0 spiro atoms. The van der Waals surface area contributed by atoms with Crippen molar-refractivity contribution in [1.82, 2.24) is 14.8 Å². The number of nitrogens with one attached hydrogen (secondary N) is 1. The van der Waals surface area contributed by atoms with Crippen LogP contribution in [0.1, 0.15) is 34.2 Å². The molecular weight excluding hydrogens is 367 g/mol. The highest BCUT2D eigenvalue weighted by Crippen LogP contribution is 2.26. The van der Waals surface area contributed by atoms with Crippen LogP contribution in [0.4, 0.5) is 10.1 Å². The summed E-state index contributed by atoms with van der Waals surface area (Å²) >= 11 is 0. The third kappa shape index (κ3) is 3.61. The summed E-state index contributed by atoms with van der Waals surface area (Å²) in [5.41, 5.74) is 5.01. The molecule has 2 aromatic carbocycles. The quantitative estimate of drug-likeness (QED) is 0.536. The Balaban J connectivity index is 1.81. The van der Waals surface area contributed by atoms with Crippen molar-refractivity contribution >= 4 is 22.6 Å². The van der Waals surface area contributed by atoms with Gasteiger partial charge in [0.05, 0.1) is 22.3 Å². The fourth-order valence-corrected chi connectivity index (χ4v) is 3.41. The summed E-state index contributed by atoms with van der Waals surface area (Å²) in [5, 5.41) is 8.09. The Morgan fingerprint density at radius 3 is 2.55 bits per heavy atom. The van der Waals surface area contributed by atoms with E-state index in [1.54, 1.807) is 22.9 Å². The molecule has 4 rings (SSSR count). The monoisotopic (exact) mass is 388 g/mol. The predicted octanol–water partition coefficient (Wildman–Crippen LogP) is 4.99. The summed E-state index contributed by atoms with van der Waals surface area (Å²) in [6.07, 6.45) is 0.959. The smallest absolute Gasteiger partial charge is 0.256 e. The third-order valence-corrected chi connectivity index (χ3v) is 4.86. The average molecular weight is 388 g/mol. The Kier molecular flexibility index (Phi) is 4.84. The summed E-state index contributed by atoms with van der Waals surface area (Å²) in [7, 11) is 0. The summed E-state index contributed by atoms with van der Waals surface area (Å²) < 4.78 is 15.2. The van der Waals surface area contributed by atoms with Gasteiger partial charge in [-0.15, -0.1) is 0 Å². The molecule has 5 nitrogen and oxygen atoms in total. The van der Waals surface area contributed by atoms with Crippen LogP contribution in [0.5, 0.6) is 0 Å². The number of hydrogen-bond acceptors (Lipinski definition) is 3. The van der Waals surface area contributed by atoms with Gasteiger partial charge in [-0.25, -0.2) is 14.1 Å². The molecule has 0 saturated carbocycles. The first-order valence-electron chi connectivity index (χ1n) is 9.49. The number of aryl methyl sites for hydroxylation is 3. The molecule has 0 aliphatic rings. The minimum absolute atomic E-state index is 0.324. The van der Waals surface area contributed by atoms with Crippen molar-refractivity contribution in [3.05, 3.63) is 82.9 Å². The SMILES string of the molecule is CCc1ccc(-n2nc(C)c3c(C(=O)Nc4cccc(F)c4)cc(C)nc32)cc1. The molecule has 146 valence electrons. The highest BCUT2D eigenvalue weighted by Gasteiger charge is 2.19. The van der Waals surface area contributed by atoms with Crippen LogP contribution in [0.3, 0.4) is 0 Å².